The van der Waals surface area contributed by atoms with Crippen molar-refractivity contribution in [3.63, 3.8) is 0 Å². The van der Waals surface area contributed by atoms with Gasteiger partial charge in [0.15, 0.2) is 0 Å². The second-order valence-electron chi connectivity index (χ2n) is 6.67. The molecule has 0 N–H and O–H groups in total. The second-order valence-corrected chi connectivity index (χ2v) is 8.60. The Morgan fingerprint density at radius 2 is 1.64 bits per heavy atom. The smallest absolute Gasteiger partial charge is 0.409 e. The highest BCUT2D eigenvalue weighted by Gasteiger charge is 2.34. The lowest BCUT2D eigenvalue weighted by Gasteiger charge is -2.37. The van der Waals surface area contributed by atoms with Crippen LogP contribution in [0, 0.1) is 0 Å². The molecule has 0 radical (unpaired) electrons. The molecule has 144 valence electrons. The van der Waals surface area contributed by atoms with E-state index in [0.717, 1.165) is 25.5 Å². The molecule has 0 saturated carbocycles. The van der Waals surface area contributed by atoms with Crippen molar-refractivity contribution < 1.29 is 22.7 Å². The average molecular weight is 375 g/mol. The summed E-state index contributed by atoms with van der Waals surface area (Å²) in [5.41, 5.74) is 0. The van der Waals surface area contributed by atoms with Crippen LogP contribution in [0.2, 0.25) is 0 Å². The Morgan fingerprint density at radius 3 is 2.16 bits per heavy atom. The maximum Gasteiger partial charge on any atom is 0.409 e. The molecular weight excluding hydrogens is 346 g/mol. The Morgan fingerprint density at radius 1 is 1.04 bits per heavy atom. The minimum Gasteiger partial charge on any atom is -0.450 e. The summed E-state index contributed by atoms with van der Waals surface area (Å²) in [4.78, 5) is 27.6. The van der Waals surface area contributed by atoms with Crippen LogP contribution in [0.3, 0.4) is 0 Å². The first-order chi connectivity index (χ1) is 11.8. The van der Waals surface area contributed by atoms with Crippen LogP contribution in [0.4, 0.5) is 4.79 Å². The number of nitrogens with zero attached hydrogens (tertiary/aromatic N) is 3. The van der Waals surface area contributed by atoms with E-state index in [1.54, 1.807) is 16.7 Å². The quantitative estimate of drug-likeness (QED) is 0.712. The van der Waals surface area contributed by atoms with Gasteiger partial charge < -0.3 is 14.5 Å². The van der Waals surface area contributed by atoms with Crippen molar-refractivity contribution in [1.29, 1.82) is 0 Å². The van der Waals surface area contributed by atoms with Gasteiger partial charge >= 0.3 is 6.09 Å². The van der Waals surface area contributed by atoms with Crippen molar-refractivity contribution in [2.45, 2.75) is 45.1 Å². The fourth-order valence-corrected chi connectivity index (χ4v) is 4.54. The third-order valence-electron chi connectivity index (χ3n) is 4.82. The number of carbonyl (C=O) groups is 2. The molecule has 2 aliphatic heterocycles. The molecule has 2 saturated heterocycles. The second kappa shape index (κ2) is 8.84. The molecule has 0 aromatic heterocycles. The largest absolute Gasteiger partial charge is 0.450 e. The van der Waals surface area contributed by atoms with Gasteiger partial charge in [-0.2, -0.15) is 4.31 Å². The van der Waals surface area contributed by atoms with Crippen LogP contribution in [-0.4, -0.2) is 86.2 Å². The molecule has 8 nitrogen and oxygen atoms in total. The molecule has 0 bridgehead atoms. The Bertz CT molecular complexity index is 566. The number of piperidine rings is 2. The molecule has 0 unspecified atom stereocenters. The van der Waals surface area contributed by atoms with Crippen molar-refractivity contribution in [2.24, 2.45) is 0 Å². The summed E-state index contributed by atoms with van der Waals surface area (Å²) in [7, 11) is -3.50. The van der Waals surface area contributed by atoms with Crippen LogP contribution in [-0.2, 0) is 19.6 Å². The van der Waals surface area contributed by atoms with E-state index in [-0.39, 0.29) is 24.6 Å². The maximum atomic E-state index is 12.5. The Hall–Kier alpha value is -1.35. The standard InChI is InChI=1S/C16H29N3O5S/c1-3-24-16(21)18-11-7-14(8-12-18)19(25(2,22)23)13-15(20)17-9-5-4-6-10-17/h14H,3-13H2,1-2H3. The van der Waals surface area contributed by atoms with E-state index in [9.17, 15) is 18.0 Å². The van der Waals surface area contributed by atoms with Gasteiger partial charge in [0.25, 0.3) is 0 Å². The van der Waals surface area contributed by atoms with Crippen molar-refractivity contribution in [2.75, 3.05) is 45.6 Å². The molecular formula is C16H29N3O5S. The van der Waals surface area contributed by atoms with E-state index in [1.807, 2.05) is 0 Å². The van der Waals surface area contributed by atoms with Crippen LogP contribution in [0.15, 0.2) is 0 Å². The zero-order valence-electron chi connectivity index (χ0n) is 15.1. The van der Waals surface area contributed by atoms with Crippen LogP contribution in [0.1, 0.15) is 39.0 Å². The van der Waals surface area contributed by atoms with Gasteiger partial charge in [-0.25, -0.2) is 13.2 Å². The van der Waals surface area contributed by atoms with Crippen LogP contribution < -0.4 is 0 Å². The lowest BCUT2D eigenvalue weighted by Crippen LogP contribution is -2.52. The molecule has 0 atom stereocenters. The summed E-state index contributed by atoms with van der Waals surface area (Å²) in [6, 6.07) is -0.255. The van der Waals surface area contributed by atoms with Crippen LogP contribution in [0.25, 0.3) is 0 Å². The lowest BCUT2D eigenvalue weighted by atomic mass is 10.1. The van der Waals surface area contributed by atoms with Gasteiger partial charge in [-0.1, -0.05) is 0 Å². The Balaban J connectivity index is 1.97. The topological polar surface area (TPSA) is 87.2 Å². The third kappa shape index (κ3) is 5.57. The molecule has 2 rings (SSSR count). The van der Waals surface area contributed by atoms with Gasteiger partial charge in [-0.15, -0.1) is 0 Å². The minimum atomic E-state index is -3.50. The van der Waals surface area contributed by atoms with Gasteiger partial charge in [0.1, 0.15) is 0 Å². The summed E-state index contributed by atoms with van der Waals surface area (Å²) in [6.45, 7) is 4.25. The Kier molecular flexibility index (Phi) is 7.06. The monoisotopic (exact) mass is 375 g/mol. The predicted molar refractivity (Wildman–Crippen MR) is 93.6 cm³/mol. The van der Waals surface area contributed by atoms with Crippen molar-refractivity contribution in [3.8, 4) is 0 Å². The first-order valence-corrected chi connectivity index (χ1v) is 10.8. The number of sulfonamides is 1. The molecule has 9 heteroatoms. The SMILES string of the molecule is CCOC(=O)N1CCC(N(CC(=O)N2CCCCC2)S(C)(=O)=O)CC1. The molecule has 0 aromatic carbocycles. The van der Waals surface area contributed by atoms with E-state index in [1.165, 1.54) is 4.31 Å². The fourth-order valence-electron chi connectivity index (χ4n) is 3.44. The molecule has 2 aliphatic rings. The molecule has 25 heavy (non-hydrogen) atoms. The number of amides is 2. The normalized spacial score (nSPS) is 20.0. The zero-order valence-corrected chi connectivity index (χ0v) is 16.0. The van der Waals surface area contributed by atoms with Crippen molar-refractivity contribution >= 4 is 22.0 Å². The van der Waals surface area contributed by atoms with E-state index in [0.29, 0.717) is 45.6 Å². The van der Waals surface area contributed by atoms with E-state index in [4.69, 9.17) is 4.74 Å². The fraction of sp³-hybridized carbons (Fsp3) is 0.875. The van der Waals surface area contributed by atoms with E-state index < -0.39 is 10.0 Å². The van der Waals surface area contributed by atoms with Gasteiger partial charge in [-0.05, 0) is 39.0 Å². The molecule has 0 aliphatic carbocycles. The average Bonchev–Trinajstić information content (AvgIpc) is 2.59. The molecule has 0 spiro atoms. The summed E-state index contributed by atoms with van der Waals surface area (Å²) in [5, 5.41) is 0. The van der Waals surface area contributed by atoms with Gasteiger partial charge in [0, 0.05) is 32.2 Å². The first-order valence-electron chi connectivity index (χ1n) is 8.99. The minimum absolute atomic E-state index is 0.108. The summed E-state index contributed by atoms with van der Waals surface area (Å²) < 4.78 is 30.7. The molecule has 2 amide bonds. The number of rotatable bonds is 5. The highest BCUT2D eigenvalue weighted by Crippen LogP contribution is 2.20. The highest BCUT2D eigenvalue weighted by molar-refractivity contribution is 7.88. The number of likely N-dealkylation sites (tertiary alicyclic amines) is 2. The molecule has 2 heterocycles. The first kappa shape index (κ1) is 20.0. The van der Waals surface area contributed by atoms with E-state index in [2.05, 4.69) is 0 Å². The van der Waals surface area contributed by atoms with Crippen LogP contribution >= 0.6 is 0 Å². The number of ether oxygens (including phenoxy) is 1. The van der Waals surface area contributed by atoms with E-state index >= 15 is 0 Å². The van der Waals surface area contributed by atoms with Gasteiger partial charge in [0.2, 0.25) is 15.9 Å². The van der Waals surface area contributed by atoms with Gasteiger partial charge in [-0.3, -0.25) is 4.79 Å². The van der Waals surface area contributed by atoms with Crippen molar-refractivity contribution in [1.82, 2.24) is 14.1 Å². The number of carbonyl (C=O) groups excluding carboxylic acids is 2. The summed E-state index contributed by atoms with van der Waals surface area (Å²) >= 11 is 0. The lowest BCUT2D eigenvalue weighted by molar-refractivity contribution is -0.132. The zero-order chi connectivity index (χ0) is 18.4. The number of hydrogen-bond acceptors (Lipinski definition) is 5. The van der Waals surface area contributed by atoms with Gasteiger partial charge in [0.05, 0.1) is 19.4 Å². The maximum absolute atomic E-state index is 12.5. The predicted octanol–water partition coefficient (Wildman–Crippen LogP) is 0.881. The highest BCUT2D eigenvalue weighted by atomic mass is 32.2. The number of hydrogen-bond donors (Lipinski definition) is 0. The van der Waals surface area contributed by atoms with Crippen molar-refractivity contribution in [3.05, 3.63) is 0 Å². The van der Waals surface area contributed by atoms with Crippen LogP contribution in [0.5, 0.6) is 0 Å². The summed E-state index contributed by atoms with van der Waals surface area (Å²) in [5.74, 6) is -0.127. The molecule has 2 fully saturated rings. The third-order valence-corrected chi connectivity index (χ3v) is 6.10. The summed E-state index contributed by atoms with van der Waals surface area (Å²) in [6.07, 6.45) is 4.88. The Labute approximate surface area is 150 Å². The molecule has 0 aromatic rings.